The topological polar surface area (TPSA) is 166 Å². The third-order valence-electron chi connectivity index (χ3n) is 12.6. The monoisotopic (exact) mass is 971 g/mol. The third kappa shape index (κ3) is 16.1. The number of thiazole rings is 1. The number of hydrogen-bond acceptors (Lipinski definition) is 11. The van der Waals surface area contributed by atoms with Crippen molar-refractivity contribution in [1.82, 2.24) is 40.5 Å². The van der Waals surface area contributed by atoms with Gasteiger partial charge >= 0.3 is 0 Å². The zero-order valence-electron chi connectivity index (χ0n) is 41.3. The molecule has 3 N–H and O–H groups in total. The number of likely N-dealkylation sites (tertiary alicyclic amines) is 1. The molecule has 65 heavy (non-hydrogen) atoms. The average molecular weight is 972 g/mol. The largest absolute Gasteiger partial charge is 0.379 e. The van der Waals surface area contributed by atoms with Crippen LogP contribution in [-0.2, 0) is 35.1 Å². The summed E-state index contributed by atoms with van der Waals surface area (Å²) in [5.41, 5.74) is 1.33. The number of nitrogens with one attached hydrogen (secondary N) is 3. The summed E-state index contributed by atoms with van der Waals surface area (Å²) in [7, 11) is 12.2. The molecular weight excluding hydrogens is 892 g/mol. The van der Waals surface area contributed by atoms with Gasteiger partial charge in [-0.3, -0.25) is 28.9 Å². The van der Waals surface area contributed by atoms with Crippen molar-refractivity contribution in [2.75, 3.05) is 69.1 Å². The number of nitrogens with zero attached hydrogens (tertiary/aromatic N) is 5. The highest BCUT2D eigenvalue weighted by Gasteiger charge is 2.43. The van der Waals surface area contributed by atoms with E-state index in [4.69, 9.17) is 14.5 Å². The first kappa shape index (κ1) is 59.6. The van der Waals surface area contributed by atoms with E-state index in [1.54, 1.807) is 43.5 Å². The number of benzene rings is 1. The maximum atomic E-state index is 14.4. The minimum Gasteiger partial charge on any atom is -0.379 e. The van der Waals surface area contributed by atoms with Crippen LogP contribution in [0.5, 0.6) is 0 Å². The number of rotatable bonds is 25. The number of hydrogen-bond donors (Lipinski definition) is 3. The van der Waals surface area contributed by atoms with Gasteiger partial charge in [-0.05, 0) is 63.7 Å². The normalized spacial score (nSPS) is 17.5. The van der Waals surface area contributed by atoms with Gasteiger partial charge in [0.1, 0.15) is 16.7 Å². The minimum atomic E-state index is -0.774. The van der Waals surface area contributed by atoms with Crippen molar-refractivity contribution >= 4 is 65.7 Å². The molecule has 3 rings (SSSR count). The molecule has 1 aromatic heterocycles. The maximum Gasteiger partial charge on any atom is 0.273 e. The Morgan fingerprint density at radius 3 is 2.09 bits per heavy atom. The summed E-state index contributed by atoms with van der Waals surface area (Å²) in [5.74, 6) is -1.86. The molecule has 0 aliphatic carbocycles. The van der Waals surface area contributed by atoms with E-state index >= 15 is 0 Å². The van der Waals surface area contributed by atoms with Crippen LogP contribution in [0.2, 0.25) is 0 Å². The van der Waals surface area contributed by atoms with Crippen LogP contribution in [0.4, 0.5) is 0 Å². The van der Waals surface area contributed by atoms with Gasteiger partial charge in [0.2, 0.25) is 23.6 Å². The number of carbonyl (C=O) groups excluding carboxylic acids is 5. The van der Waals surface area contributed by atoms with Gasteiger partial charge in [0.25, 0.3) is 5.91 Å². The van der Waals surface area contributed by atoms with Gasteiger partial charge in [-0.25, -0.2) is 4.98 Å². The van der Waals surface area contributed by atoms with E-state index in [1.807, 2.05) is 110 Å². The lowest BCUT2D eigenvalue weighted by Gasteiger charge is -2.41. The second kappa shape index (κ2) is 28.7. The van der Waals surface area contributed by atoms with E-state index in [-0.39, 0.29) is 84.6 Å². The van der Waals surface area contributed by atoms with Crippen LogP contribution in [-0.4, -0.2) is 160 Å². The number of halogens is 2. The van der Waals surface area contributed by atoms with Crippen LogP contribution in [0.15, 0.2) is 35.7 Å². The van der Waals surface area contributed by atoms with Gasteiger partial charge in [-0.1, -0.05) is 85.2 Å². The minimum absolute atomic E-state index is 0. The Morgan fingerprint density at radius 1 is 0.908 bits per heavy atom. The zero-order valence-corrected chi connectivity index (χ0v) is 43.7. The SMILES string of the molecule is CC[C@H](C)[C@@H]([C@@H](CC(=O)N1CCC[C@H]1[C@H](OC)[C@@H](C)C(=O)N[C@@H](Cc1ccccc1)c1nc(C(=O)N(C)CCNC)cs1)OC)N(C)C(=O)[C@@H](NC(=O)[C@H](C(C)C)N(C)C)C(C)C.Cl.Cl. The first-order valence-electron chi connectivity index (χ1n) is 22.6. The Bertz CT molecular complexity index is 1760. The Kier molecular flexibility index (Phi) is 26.3. The summed E-state index contributed by atoms with van der Waals surface area (Å²) in [6, 6.07) is 7.29. The number of aromatic nitrogens is 1. The molecule has 18 heteroatoms. The van der Waals surface area contributed by atoms with E-state index in [0.29, 0.717) is 43.2 Å². The molecule has 1 aromatic carbocycles. The Hall–Kier alpha value is -3.38. The van der Waals surface area contributed by atoms with E-state index in [1.165, 1.54) is 11.3 Å². The standard InChI is InChI=1S/C47H78N8O7S.2ClH/c1-15-31(6)41(54(12)47(60)39(29(2)3)51-44(58)40(30(4)5)52(9)10)37(61-13)27-38(56)55-24-19-22-36(55)42(62-14)32(7)43(57)49-34(26-33-20-17-16-18-21-33)45-50-35(28-63-45)46(59)53(11)25-23-48-8;;/h16-18,20-21,28-32,34,36-37,39-42,48H,15,19,22-27H2,1-14H3,(H,49,57)(H,51,58);2*1H/t31-,32+,34-,36-,37+,39-,40-,41-,42+;;/m0../s1. The Morgan fingerprint density at radius 2 is 1.55 bits per heavy atom. The van der Waals surface area contributed by atoms with Crippen molar-refractivity contribution in [2.45, 2.75) is 123 Å². The first-order valence-corrected chi connectivity index (χ1v) is 23.5. The lowest BCUT2D eigenvalue weighted by atomic mass is 9.89. The van der Waals surface area contributed by atoms with Crippen molar-refractivity contribution in [3.05, 3.63) is 52.0 Å². The number of likely N-dealkylation sites (N-methyl/N-ethyl adjacent to an activating group) is 4. The summed E-state index contributed by atoms with van der Waals surface area (Å²) in [6.07, 6.45) is 1.34. The predicted molar refractivity (Wildman–Crippen MR) is 264 cm³/mol. The summed E-state index contributed by atoms with van der Waals surface area (Å²) in [4.78, 5) is 81.5. The van der Waals surface area contributed by atoms with Crippen molar-refractivity contribution in [2.24, 2.45) is 23.7 Å². The second-order valence-corrected chi connectivity index (χ2v) is 19.0. The molecule has 370 valence electrons. The Labute approximate surface area is 405 Å². The maximum absolute atomic E-state index is 14.4. The van der Waals surface area contributed by atoms with Crippen LogP contribution in [0.25, 0.3) is 0 Å². The lowest BCUT2D eigenvalue weighted by molar-refractivity contribution is -0.148. The van der Waals surface area contributed by atoms with Gasteiger partial charge in [0.15, 0.2) is 0 Å². The molecule has 0 bridgehead atoms. The first-order chi connectivity index (χ1) is 29.8. The zero-order chi connectivity index (χ0) is 47.1. The van der Waals surface area contributed by atoms with E-state index in [2.05, 4.69) is 16.0 Å². The molecule has 5 amide bonds. The second-order valence-electron chi connectivity index (χ2n) is 18.1. The lowest BCUT2D eigenvalue weighted by Crippen LogP contribution is -2.59. The van der Waals surface area contributed by atoms with Crippen LogP contribution in [0, 0.1) is 23.7 Å². The fourth-order valence-corrected chi connectivity index (χ4v) is 9.73. The van der Waals surface area contributed by atoms with E-state index < -0.39 is 42.3 Å². The van der Waals surface area contributed by atoms with Gasteiger partial charge < -0.3 is 40.1 Å². The van der Waals surface area contributed by atoms with Crippen molar-refractivity contribution in [1.29, 1.82) is 0 Å². The van der Waals surface area contributed by atoms with Gasteiger partial charge in [-0.15, -0.1) is 36.2 Å². The summed E-state index contributed by atoms with van der Waals surface area (Å²) in [6.45, 7) is 15.4. The molecule has 0 saturated carbocycles. The number of methoxy groups -OCH3 is 2. The smallest absolute Gasteiger partial charge is 0.273 e. The molecule has 1 fully saturated rings. The molecule has 9 atom stereocenters. The van der Waals surface area contributed by atoms with Gasteiger partial charge in [0.05, 0.1) is 48.7 Å². The fraction of sp³-hybridized carbons (Fsp3) is 0.702. The van der Waals surface area contributed by atoms with Crippen LogP contribution >= 0.6 is 36.2 Å². The molecule has 0 unspecified atom stereocenters. The highest BCUT2D eigenvalue weighted by atomic mass is 35.5. The Balaban J connectivity index is 0.0000106. The molecule has 0 radical (unpaired) electrons. The summed E-state index contributed by atoms with van der Waals surface area (Å²) >= 11 is 1.34. The fourth-order valence-electron chi connectivity index (χ4n) is 8.89. The van der Waals surface area contributed by atoms with Crippen LogP contribution in [0.3, 0.4) is 0 Å². The molecule has 1 saturated heterocycles. The molecule has 1 aliphatic rings. The van der Waals surface area contributed by atoms with Gasteiger partial charge in [-0.2, -0.15) is 0 Å². The molecule has 0 spiro atoms. The van der Waals surface area contributed by atoms with E-state index in [9.17, 15) is 24.0 Å². The average Bonchev–Trinajstić information content (AvgIpc) is 3.95. The molecule has 2 heterocycles. The summed E-state index contributed by atoms with van der Waals surface area (Å²) < 4.78 is 12.2. The van der Waals surface area contributed by atoms with Crippen molar-refractivity contribution in [3.63, 3.8) is 0 Å². The quantitative estimate of drug-likeness (QED) is 0.119. The number of carbonyl (C=O) groups is 5. The molecular formula is C47H80Cl2N8O7S. The number of amides is 5. The van der Waals surface area contributed by atoms with Crippen LogP contribution < -0.4 is 16.0 Å². The molecule has 1 aliphatic heterocycles. The van der Waals surface area contributed by atoms with Crippen molar-refractivity contribution < 1.29 is 33.4 Å². The highest BCUT2D eigenvalue weighted by Crippen LogP contribution is 2.31. The number of ether oxygens (including phenoxy) is 2. The molecule has 15 nitrogen and oxygen atoms in total. The third-order valence-corrected chi connectivity index (χ3v) is 13.6. The predicted octanol–water partition coefficient (Wildman–Crippen LogP) is 5.33. The van der Waals surface area contributed by atoms with Gasteiger partial charge in [0, 0.05) is 53.3 Å². The highest BCUT2D eigenvalue weighted by molar-refractivity contribution is 7.09. The molecule has 2 aromatic rings. The van der Waals surface area contributed by atoms with Crippen LogP contribution in [0.1, 0.15) is 101 Å². The van der Waals surface area contributed by atoms with E-state index in [0.717, 1.165) is 18.4 Å². The van der Waals surface area contributed by atoms with Crippen molar-refractivity contribution in [3.8, 4) is 0 Å². The summed E-state index contributed by atoms with van der Waals surface area (Å²) in [5, 5.41) is 11.7.